The van der Waals surface area contributed by atoms with E-state index in [1.54, 1.807) is 29.2 Å². The van der Waals surface area contributed by atoms with Crippen molar-refractivity contribution in [3.05, 3.63) is 55.4 Å². The summed E-state index contributed by atoms with van der Waals surface area (Å²) in [4.78, 5) is 34.5. The molecule has 5 nitrogen and oxygen atoms in total. The number of nitrogens with one attached hydrogen (secondary N) is 2. The Labute approximate surface area is 182 Å². The van der Waals surface area contributed by atoms with Crippen LogP contribution in [0.2, 0.25) is 5.02 Å². The molecule has 29 heavy (non-hydrogen) atoms. The van der Waals surface area contributed by atoms with Crippen molar-refractivity contribution < 1.29 is 4.79 Å². The Morgan fingerprint density at radius 2 is 2.17 bits per heavy atom. The first-order valence-corrected chi connectivity index (χ1v) is 12.0. The molecule has 2 N–H and O–H groups in total. The van der Waals surface area contributed by atoms with Gasteiger partial charge in [0, 0.05) is 27.8 Å². The summed E-state index contributed by atoms with van der Waals surface area (Å²) in [5.41, 5.74) is 2.90. The van der Waals surface area contributed by atoms with Crippen LogP contribution in [0.4, 0.5) is 5.69 Å². The smallest absolute Gasteiger partial charge is 0.259 e. The molecule has 3 aromatic rings. The number of amides is 1. The molecular formula is C21H22ClN3O2S2. The number of thioether (sulfide) groups is 1. The number of nitrogens with zero attached hydrogens (tertiary/aromatic N) is 1. The summed E-state index contributed by atoms with van der Waals surface area (Å²) in [7, 11) is 0. The van der Waals surface area contributed by atoms with E-state index in [1.807, 2.05) is 19.1 Å². The average molecular weight is 448 g/mol. The Hall–Kier alpha value is -1.83. The molecule has 0 unspecified atom stereocenters. The molecule has 4 rings (SSSR count). The van der Waals surface area contributed by atoms with E-state index >= 15 is 0 Å². The van der Waals surface area contributed by atoms with E-state index in [0.717, 1.165) is 40.7 Å². The van der Waals surface area contributed by atoms with Crippen molar-refractivity contribution in [1.82, 2.24) is 9.97 Å². The first kappa shape index (κ1) is 20.4. The lowest BCUT2D eigenvalue weighted by Crippen LogP contribution is -2.14. The summed E-state index contributed by atoms with van der Waals surface area (Å²) in [6, 6.07) is 5.40. The number of carbonyl (C=O) groups is 1. The number of hydrogen-bond acceptors (Lipinski definition) is 5. The molecule has 0 saturated carbocycles. The molecule has 152 valence electrons. The predicted molar refractivity (Wildman–Crippen MR) is 122 cm³/mol. The number of aromatic nitrogens is 2. The number of thiophene rings is 1. The number of aromatic amines is 1. The quantitative estimate of drug-likeness (QED) is 0.516. The van der Waals surface area contributed by atoms with Gasteiger partial charge in [-0.15, -0.1) is 11.3 Å². The maximum Gasteiger partial charge on any atom is 0.259 e. The SMILES string of the molecule is Cc1cc(Cl)ccc1NC(=O)CCSCc1nc2sc3c(c2c(=O)[nH]1)CCCC3. The highest BCUT2D eigenvalue weighted by Crippen LogP contribution is 2.33. The summed E-state index contributed by atoms with van der Waals surface area (Å²) in [5.74, 6) is 1.88. The number of halogens is 1. The number of fused-ring (bicyclic) bond motifs is 3. The van der Waals surface area contributed by atoms with Crippen LogP contribution < -0.4 is 10.9 Å². The highest BCUT2D eigenvalue weighted by atomic mass is 35.5. The number of benzene rings is 1. The third-order valence-electron chi connectivity index (χ3n) is 5.05. The first-order valence-electron chi connectivity index (χ1n) is 9.68. The molecule has 1 amide bonds. The number of rotatable bonds is 6. The van der Waals surface area contributed by atoms with Crippen LogP contribution in [0.3, 0.4) is 0 Å². The van der Waals surface area contributed by atoms with E-state index < -0.39 is 0 Å². The second-order valence-electron chi connectivity index (χ2n) is 7.21. The van der Waals surface area contributed by atoms with E-state index in [1.165, 1.54) is 16.9 Å². The zero-order valence-electron chi connectivity index (χ0n) is 16.1. The van der Waals surface area contributed by atoms with Gasteiger partial charge in [-0.3, -0.25) is 9.59 Å². The Morgan fingerprint density at radius 3 is 3.00 bits per heavy atom. The molecule has 1 aliphatic rings. The van der Waals surface area contributed by atoms with Crippen LogP contribution in [0.15, 0.2) is 23.0 Å². The highest BCUT2D eigenvalue weighted by molar-refractivity contribution is 7.98. The van der Waals surface area contributed by atoms with Crippen molar-refractivity contribution in [3.63, 3.8) is 0 Å². The van der Waals surface area contributed by atoms with Crippen molar-refractivity contribution in [3.8, 4) is 0 Å². The van der Waals surface area contributed by atoms with E-state index in [0.29, 0.717) is 28.8 Å². The molecule has 0 aliphatic heterocycles. The summed E-state index contributed by atoms with van der Waals surface area (Å²) < 4.78 is 0. The summed E-state index contributed by atoms with van der Waals surface area (Å²) in [5, 5.41) is 4.36. The molecule has 0 saturated heterocycles. The molecule has 0 radical (unpaired) electrons. The molecule has 2 heterocycles. The molecule has 8 heteroatoms. The summed E-state index contributed by atoms with van der Waals surface area (Å²) in [6.07, 6.45) is 4.77. The molecule has 0 bridgehead atoms. The lowest BCUT2D eigenvalue weighted by molar-refractivity contribution is -0.115. The monoisotopic (exact) mass is 447 g/mol. The van der Waals surface area contributed by atoms with Crippen molar-refractivity contribution in [2.24, 2.45) is 0 Å². The number of hydrogen-bond donors (Lipinski definition) is 2. The number of H-pyrrole nitrogens is 1. The Bertz CT molecular complexity index is 1120. The molecule has 2 aromatic heterocycles. The van der Waals surface area contributed by atoms with E-state index in [-0.39, 0.29) is 11.5 Å². The lowest BCUT2D eigenvalue weighted by Gasteiger charge is -2.09. The second-order valence-corrected chi connectivity index (χ2v) is 9.84. The van der Waals surface area contributed by atoms with Crippen LogP contribution >= 0.6 is 34.7 Å². The van der Waals surface area contributed by atoms with E-state index in [2.05, 4.69) is 15.3 Å². The number of aryl methyl sites for hydroxylation is 3. The third kappa shape index (κ3) is 4.68. The van der Waals surface area contributed by atoms with E-state index in [4.69, 9.17) is 11.6 Å². The third-order valence-corrected chi connectivity index (χ3v) is 7.44. The van der Waals surface area contributed by atoms with Crippen LogP contribution in [0.5, 0.6) is 0 Å². The van der Waals surface area contributed by atoms with Gasteiger partial charge in [0.2, 0.25) is 5.91 Å². The van der Waals surface area contributed by atoms with Crippen LogP contribution in [0.1, 0.15) is 41.1 Å². The lowest BCUT2D eigenvalue weighted by atomic mass is 9.97. The van der Waals surface area contributed by atoms with Crippen LogP contribution in [0.25, 0.3) is 10.2 Å². The van der Waals surface area contributed by atoms with Crippen LogP contribution in [-0.4, -0.2) is 21.6 Å². The second kappa shape index (κ2) is 8.90. The highest BCUT2D eigenvalue weighted by Gasteiger charge is 2.19. The minimum atomic E-state index is -0.0363. The van der Waals surface area contributed by atoms with Crippen molar-refractivity contribution in [1.29, 1.82) is 0 Å². The van der Waals surface area contributed by atoms with Gasteiger partial charge in [0.15, 0.2) is 0 Å². The van der Waals surface area contributed by atoms with Gasteiger partial charge in [0.25, 0.3) is 5.56 Å². The minimum absolute atomic E-state index is 0.0269. The number of carbonyl (C=O) groups excluding carboxylic acids is 1. The maximum absolute atomic E-state index is 12.6. The van der Waals surface area contributed by atoms with Gasteiger partial charge in [-0.25, -0.2) is 4.98 Å². The minimum Gasteiger partial charge on any atom is -0.326 e. The fourth-order valence-electron chi connectivity index (χ4n) is 3.59. The summed E-state index contributed by atoms with van der Waals surface area (Å²) >= 11 is 9.20. The van der Waals surface area contributed by atoms with Gasteiger partial charge in [-0.2, -0.15) is 11.8 Å². The Balaban J connectivity index is 1.33. The standard InChI is InChI=1S/C21H22ClN3O2S2/c1-12-10-13(22)6-7-15(12)23-18(26)8-9-28-11-17-24-20(27)19-14-4-2-3-5-16(14)29-21(19)25-17/h6-7,10H,2-5,8-9,11H2,1H3,(H,23,26)(H,24,25,27). The Morgan fingerprint density at radius 1 is 1.34 bits per heavy atom. The average Bonchev–Trinajstić information content (AvgIpc) is 3.06. The zero-order chi connectivity index (χ0) is 20.4. The zero-order valence-corrected chi connectivity index (χ0v) is 18.5. The normalized spacial score (nSPS) is 13.4. The Kier molecular flexibility index (Phi) is 6.27. The molecule has 1 aliphatic carbocycles. The topological polar surface area (TPSA) is 74.8 Å². The fraction of sp³-hybridized carbons (Fsp3) is 0.381. The van der Waals surface area contributed by atoms with Crippen molar-refractivity contribution in [2.75, 3.05) is 11.1 Å². The molecule has 0 spiro atoms. The largest absolute Gasteiger partial charge is 0.326 e. The van der Waals surface area contributed by atoms with Gasteiger partial charge in [0.05, 0.1) is 11.1 Å². The van der Waals surface area contributed by atoms with Crippen molar-refractivity contribution in [2.45, 2.75) is 44.8 Å². The van der Waals surface area contributed by atoms with Gasteiger partial charge in [-0.05, 0) is 61.9 Å². The molecule has 1 aromatic carbocycles. The number of anilines is 1. The first-order chi connectivity index (χ1) is 14.0. The van der Waals surface area contributed by atoms with Gasteiger partial charge in [-0.1, -0.05) is 11.6 Å². The van der Waals surface area contributed by atoms with Gasteiger partial charge in [0.1, 0.15) is 10.7 Å². The van der Waals surface area contributed by atoms with Gasteiger partial charge >= 0.3 is 0 Å². The van der Waals surface area contributed by atoms with Crippen LogP contribution in [0, 0.1) is 6.92 Å². The maximum atomic E-state index is 12.6. The predicted octanol–water partition coefficient (Wildman–Crippen LogP) is 5.09. The van der Waals surface area contributed by atoms with Gasteiger partial charge < -0.3 is 10.3 Å². The fourth-order valence-corrected chi connectivity index (χ4v) is 5.90. The van der Waals surface area contributed by atoms with Crippen molar-refractivity contribution >= 4 is 56.5 Å². The molecule has 0 fully saturated rings. The molecule has 0 atom stereocenters. The van der Waals surface area contributed by atoms with E-state index in [9.17, 15) is 9.59 Å². The summed E-state index contributed by atoms with van der Waals surface area (Å²) in [6.45, 7) is 1.91. The van der Waals surface area contributed by atoms with Crippen LogP contribution in [-0.2, 0) is 23.4 Å². The molecular weight excluding hydrogens is 426 g/mol.